The molecule has 0 spiro atoms. The highest BCUT2D eigenvalue weighted by atomic mass is 15.5. The summed E-state index contributed by atoms with van der Waals surface area (Å²) >= 11 is 0. The number of hydrogen-bond donors (Lipinski definition) is 0. The fourth-order valence-corrected chi connectivity index (χ4v) is 2.83. The smallest absolute Gasteiger partial charge is 0.0790 e. The number of rotatable bonds is 3. The largest absolute Gasteiger partial charge is 0.299 e. The van der Waals surface area contributed by atoms with Gasteiger partial charge in [0.05, 0.1) is 12.2 Å². The second-order valence-electron chi connectivity index (χ2n) is 4.91. The molecule has 2 heterocycles. The van der Waals surface area contributed by atoms with Crippen LogP contribution in [0.25, 0.3) is 0 Å². The summed E-state index contributed by atoms with van der Waals surface area (Å²) in [6.07, 6.45) is 9.53. The fourth-order valence-electron chi connectivity index (χ4n) is 2.83. The third kappa shape index (κ3) is 1.91. The van der Waals surface area contributed by atoms with Gasteiger partial charge in [0.1, 0.15) is 0 Å². The molecule has 0 atom stereocenters. The van der Waals surface area contributed by atoms with Crippen molar-refractivity contribution in [3.63, 3.8) is 0 Å². The maximum Gasteiger partial charge on any atom is 0.0790 e. The lowest BCUT2D eigenvalue weighted by molar-refractivity contribution is 0.0802. The predicted molar refractivity (Wildman–Crippen MR) is 57.5 cm³/mol. The Bertz CT molecular complexity index is 296. The molecule has 4 heteroatoms. The highest BCUT2D eigenvalue weighted by molar-refractivity contribution is 4.87. The van der Waals surface area contributed by atoms with Crippen molar-refractivity contribution in [2.75, 3.05) is 19.6 Å². The molecule has 1 aliphatic carbocycles. The molecule has 4 nitrogen and oxygen atoms in total. The molecule has 1 aromatic rings. The van der Waals surface area contributed by atoms with E-state index < -0.39 is 0 Å². The van der Waals surface area contributed by atoms with Gasteiger partial charge in [0.2, 0.25) is 0 Å². The van der Waals surface area contributed by atoms with Gasteiger partial charge in [-0.2, -0.15) is 0 Å². The minimum absolute atomic E-state index is 0.578. The minimum Gasteiger partial charge on any atom is -0.299 e. The molecule has 1 saturated heterocycles. The van der Waals surface area contributed by atoms with Gasteiger partial charge < -0.3 is 0 Å². The normalized spacial score (nSPS) is 24.5. The fraction of sp³-hybridized carbons (Fsp3) is 0.818. The lowest BCUT2D eigenvalue weighted by Crippen LogP contribution is -2.49. The highest BCUT2D eigenvalue weighted by Gasteiger charge is 2.30. The maximum absolute atomic E-state index is 4.04. The maximum atomic E-state index is 4.04. The monoisotopic (exact) mass is 206 g/mol. The van der Waals surface area contributed by atoms with Crippen molar-refractivity contribution in [3.05, 3.63) is 12.4 Å². The summed E-state index contributed by atoms with van der Waals surface area (Å²) in [6.45, 7) is 3.64. The van der Waals surface area contributed by atoms with Crippen molar-refractivity contribution < 1.29 is 0 Å². The van der Waals surface area contributed by atoms with Crippen molar-refractivity contribution >= 4 is 0 Å². The van der Waals surface area contributed by atoms with Gasteiger partial charge in [0, 0.05) is 25.8 Å². The SMILES string of the molecule is c1cn(C2CN(CC3CCCC3)C2)nn1. The summed E-state index contributed by atoms with van der Waals surface area (Å²) in [5.74, 6) is 0.974. The van der Waals surface area contributed by atoms with Crippen LogP contribution < -0.4 is 0 Å². The zero-order chi connectivity index (χ0) is 10.1. The van der Waals surface area contributed by atoms with E-state index >= 15 is 0 Å². The quantitative estimate of drug-likeness (QED) is 0.748. The second kappa shape index (κ2) is 3.93. The first kappa shape index (κ1) is 9.33. The van der Waals surface area contributed by atoms with E-state index in [2.05, 4.69) is 15.2 Å². The van der Waals surface area contributed by atoms with Crippen molar-refractivity contribution in [1.29, 1.82) is 0 Å². The van der Waals surface area contributed by atoms with Crippen LogP contribution in [-0.2, 0) is 0 Å². The van der Waals surface area contributed by atoms with Gasteiger partial charge >= 0.3 is 0 Å². The van der Waals surface area contributed by atoms with Crippen LogP contribution in [0.3, 0.4) is 0 Å². The minimum atomic E-state index is 0.578. The molecule has 2 fully saturated rings. The van der Waals surface area contributed by atoms with E-state index in [9.17, 15) is 0 Å². The van der Waals surface area contributed by atoms with Gasteiger partial charge in [-0.1, -0.05) is 18.1 Å². The van der Waals surface area contributed by atoms with Crippen molar-refractivity contribution in [1.82, 2.24) is 19.9 Å². The Morgan fingerprint density at radius 3 is 2.67 bits per heavy atom. The van der Waals surface area contributed by atoms with Crippen LogP contribution in [0, 0.1) is 5.92 Å². The first-order valence-electron chi connectivity index (χ1n) is 6.00. The average Bonchev–Trinajstić information content (AvgIpc) is 2.83. The Morgan fingerprint density at radius 1 is 1.20 bits per heavy atom. The number of aromatic nitrogens is 3. The van der Waals surface area contributed by atoms with Crippen LogP contribution in [0.15, 0.2) is 12.4 Å². The molecule has 82 valence electrons. The number of nitrogens with zero attached hydrogens (tertiary/aromatic N) is 4. The van der Waals surface area contributed by atoms with Gasteiger partial charge in [-0.05, 0) is 18.8 Å². The second-order valence-corrected chi connectivity index (χ2v) is 4.91. The van der Waals surface area contributed by atoms with Gasteiger partial charge in [0.15, 0.2) is 0 Å². The Labute approximate surface area is 90.3 Å². The Hall–Kier alpha value is -0.900. The summed E-state index contributed by atoms with van der Waals surface area (Å²) in [6, 6.07) is 0.578. The Morgan fingerprint density at radius 2 is 2.00 bits per heavy atom. The number of likely N-dealkylation sites (tertiary alicyclic amines) is 1. The zero-order valence-electron chi connectivity index (χ0n) is 9.05. The summed E-state index contributed by atoms with van der Waals surface area (Å²) < 4.78 is 1.99. The van der Waals surface area contributed by atoms with E-state index in [0.29, 0.717) is 6.04 Å². The molecule has 15 heavy (non-hydrogen) atoms. The lowest BCUT2D eigenvalue weighted by Gasteiger charge is -2.40. The molecule has 1 aliphatic heterocycles. The molecule has 1 aromatic heterocycles. The van der Waals surface area contributed by atoms with E-state index in [-0.39, 0.29) is 0 Å². The molecule has 0 radical (unpaired) electrons. The van der Waals surface area contributed by atoms with Crippen molar-refractivity contribution in [3.8, 4) is 0 Å². The molecular weight excluding hydrogens is 188 g/mol. The molecule has 0 bridgehead atoms. The lowest BCUT2D eigenvalue weighted by atomic mass is 10.0. The predicted octanol–water partition coefficient (Wildman–Crippen LogP) is 1.32. The standard InChI is InChI=1S/C11H18N4/c1-2-4-10(3-1)7-14-8-11(9-14)15-6-5-12-13-15/h5-6,10-11H,1-4,7-9H2. The first-order valence-corrected chi connectivity index (χ1v) is 6.00. The van der Waals surface area contributed by atoms with E-state index in [4.69, 9.17) is 0 Å². The van der Waals surface area contributed by atoms with Crippen LogP contribution >= 0.6 is 0 Å². The molecule has 1 saturated carbocycles. The van der Waals surface area contributed by atoms with Crippen LogP contribution in [0.2, 0.25) is 0 Å². The molecular formula is C11H18N4. The number of hydrogen-bond acceptors (Lipinski definition) is 3. The van der Waals surface area contributed by atoms with Crippen molar-refractivity contribution in [2.24, 2.45) is 5.92 Å². The van der Waals surface area contributed by atoms with E-state index in [0.717, 1.165) is 5.92 Å². The van der Waals surface area contributed by atoms with E-state index in [1.807, 2.05) is 10.9 Å². The molecule has 0 aromatic carbocycles. The van der Waals surface area contributed by atoms with E-state index in [1.54, 1.807) is 6.20 Å². The summed E-state index contributed by atoms with van der Waals surface area (Å²) in [5, 5.41) is 7.89. The van der Waals surface area contributed by atoms with Gasteiger partial charge in [-0.15, -0.1) is 5.10 Å². The molecule has 0 unspecified atom stereocenters. The average molecular weight is 206 g/mol. The van der Waals surface area contributed by atoms with E-state index in [1.165, 1.54) is 45.3 Å². The summed E-state index contributed by atoms with van der Waals surface area (Å²) in [7, 11) is 0. The van der Waals surface area contributed by atoms with Crippen LogP contribution in [0.4, 0.5) is 0 Å². The molecule has 0 N–H and O–H groups in total. The Kier molecular flexibility index (Phi) is 2.44. The van der Waals surface area contributed by atoms with Gasteiger partial charge in [-0.25, -0.2) is 4.68 Å². The summed E-state index contributed by atoms with van der Waals surface area (Å²) in [4.78, 5) is 2.56. The third-order valence-electron chi connectivity index (χ3n) is 3.74. The summed E-state index contributed by atoms with van der Waals surface area (Å²) in [5.41, 5.74) is 0. The van der Waals surface area contributed by atoms with Gasteiger partial charge in [-0.3, -0.25) is 4.90 Å². The molecule has 3 rings (SSSR count). The molecule has 0 amide bonds. The van der Waals surface area contributed by atoms with Gasteiger partial charge in [0.25, 0.3) is 0 Å². The Balaban J connectivity index is 1.45. The highest BCUT2D eigenvalue weighted by Crippen LogP contribution is 2.29. The van der Waals surface area contributed by atoms with Crippen LogP contribution in [0.1, 0.15) is 31.7 Å². The first-order chi connectivity index (χ1) is 7.42. The van der Waals surface area contributed by atoms with Crippen LogP contribution in [0.5, 0.6) is 0 Å². The van der Waals surface area contributed by atoms with Crippen LogP contribution in [-0.4, -0.2) is 39.5 Å². The zero-order valence-corrected chi connectivity index (χ0v) is 9.05. The topological polar surface area (TPSA) is 34.0 Å². The molecule has 2 aliphatic rings. The third-order valence-corrected chi connectivity index (χ3v) is 3.74. The van der Waals surface area contributed by atoms with Crippen molar-refractivity contribution in [2.45, 2.75) is 31.7 Å².